The molecule has 5 nitrogen and oxygen atoms in total. The van der Waals surface area contributed by atoms with E-state index < -0.39 is 5.97 Å². The van der Waals surface area contributed by atoms with Crippen LogP contribution in [0.5, 0.6) is 0 Å². The Morgan fingerprint density at radius 1 is 0.926 bits per heavy atom. The fourth-order valence-electron chi connectivity index (χ4n) is 4.58. The van der Waals surface area contributed by atoms with Crippen molar-refractivity contribution in [3.05, 3.63) is 11.3 Å². The number of carboxylic acids is 1. The van der Waals surface area contributed by atoms with Gasteiger partial charge in [0.15, 0.2) is 0 Å². The Bertz CT molecular complexity index is 516. The number of aliphatic carboxylic acids is 1. The summed E-state index contributed by atoms with van der Waals surface area (Å²) in [5, 5.41) is 14.7. The molecule has 2 rings (SSSR count). The molecule has 27 heavy (non-hydrogen) atoms. The zero-order valence-corrected chi connectivity index (χ0v) is 17.0. The molecule has 1 saturated carbocycles. The van der Waals surface area contributed by atoms with Crippen LogP contribution in [-0.4, -0.2) is 23.7 Å². The van der Waals surface area contributed by atoms with Gasteiger partial charge >= 0.3 is 12.0 Å². The molecule has 0 spiro atoms. The zero-order valence-electron chi connectivity index (χ0n) is 17.0. The van der Waals surface area contributed by atoms with Gasteiger partial charge in [0.25, 0.3) is 0 Å². The maximum atomic E-state index is 12.1. The lowest BCUT2D eigenvalue weighted by atomic mass is 9.84. The SMILES string of the molecule is CC1CC2=C(NC(=O)NCCCCCCCCCCCC(=O)O)CC(C2)C1. The Hall–Kier alpha value is -1.52. The molecule has 0 aromatic carbocycles. The molecular weight excluding hydrogens is 340 g/mol. The first-order valence-corrected chi connectivity index (χ1v) is 11.0. The van der Waals surface area contributed by atoms with Crippen molar-refractivity contribution in [2.75, 3.05) is 6.54 Å². The number of carbonyl (C=O) groups excluding carboxylic acids is 1. The van der Waals surface area contributed by atoms with Crippen LogP contribution in [0.4, 0.5) is 4.79 Å². The molecule has 5 heteroatoms. The molecule has 2 atom stereocenters. The summed E-state index contributed by atoms with van der Waals surface area (Å²) in [6.07, 6.45) is 15.1. The van der Waals surface area contributed by atoms with Crippen molar-refractivity contribution in [3.8, 4) is 0 Å². The first-order valence-electron chi connectivity index (χ1n) is 11.0. The van der Waals surface area contributed by atoms with Gasteiger partial charge < -0.3 is 15.7 Å². The molecule has 1 fully saturated rings. The second kappa shape index (κ2) is 12.0. The van der Waals surface area contributed by atoms with Crippen LogP contribution < -0.4 is 10.6 Å². The van der Waals surface area contributed by atoms with Gasteiger partial charge in [-0.15, -0.1) is 0 Å². The zero-order chi connectivity index (χ0) is 19.5. The van der Waals surface area contributed by atoms with Crippen LogP contribution in [0.2, 0.25) is 0 Å². The highest BCUT2D eigenvalue weighted by Crippen LogP contribution is 2.43. The Kier molecular flexibility index (Phi) is 9.71. The van der Waals surface area contributed by atoms with E-state index in [9.17, 15) is 9.59 Å². The van der Waals surface area contributed by atoms with Crippen molar-refractivity contribution in [3.63, 3.8) is 0 Å². The third-order valence-electron chi connectivity index (χ3n) is 5.90. The Labute approximate surface area is 164 Å². The van der Waals surface area contributed by atoms with E-state index in [2.05, 4.69) is 17.6 Å². The molecule has 2 amide bonds. The standard InChI is InChI=1S/C22H38N2O3/c1-17-13-18-15-19(14-17)20(16-18)24-22(27)23-12-10-8-6-4-2-3-5-7-9-11-21(25)26/h17-18H,2-16H2,1H3,(H,25,26)(H2,23,24,27). The fourth-order valence-corrected chi connectivity index (χ4v) is 4.58. The van der Waals surface area contributed by atoms with Crippen LogP contribution in [0.25, 0.3) is 0 Å². The summed E-state index contributed by atoms with van der Waals surface area (Å²) in [5.41, 5.74) is 2.68. The maximum absolute atomic E-state index is 12.1. The number of rotatable bonds is 13. The average Bonchev–Trinajstić information content (AvgIpc) is 2.89. The molecule has 2 aliphatic rings. The van der Waals surface area contributed by atoms with E-state index in [4.69, 9.17) is 5.11 Å². The molecule has 0 radical (unpaired) electrons. The van der Waals surface area contributed by atoms with Crippen molar-refractivity contribution in [1.29, 1.82) is 0 Å². The molecule has 2 bridgehead atoms. The summed E-state index contributed by atoms with van der Waals surface area (Å²) >= 11 is 0. The van der Waals surface area contributed by atoms with Crippen LogP contribution >= 0.6 is 0 Å². The normalized spacial score (nSPS) is 21.4. The van der Waals surface area contributed by atoms with Crippen LogP contribution in [0.1, 0.15) is 96.8 Å². The monoisotopic (exact) mass is 378 g/mol. The van der Waals surface area contributed by atoms with E-state index in [1.54, 1.807) is 0 Å². The van der Waals surface area contributed by atoms with Crippen LogP contribution in [-0.2, 0) is 4.79 Å². The first-order chi connectivity index (χ1) is 13.0. The van der Waals surface area contributed by atoms with Gasteiger partial charge in [-0.1, -0.05) is 57.4 Å². The number of allylic oxidation sites excluding steroid dienone is 2. The summed E-state index contributed by atoms with van der Waals surface area (Å²) in [7, 11) is 0. The Morgan fingerprint density at radius 3 is 2.22 bits per heavy atom. The van der Waals surface area contributed by atoms with E-state index in [1.807, 2.05) is 0 Å². The quantitative estimate of drug-likeness (QED) is 0.377. The van der Waals surface area contributed by atoms with Gasteiger partial charge in [-0.3, -0.25) is 4.79 Å². The second-order valence-electron chi connectivity index (χ2n) is 8.61. The van der Waals surface area contributed by atoms with Gasteiger partial charge in [-0.05, 0) is 50.4 Å². The number of amides is 2. The highest BCUT2D eigenvalue weighted by molar-refractivity contribution is 5.76. The van der Waals surface area contributed by atoms with Gasteiger partial charge in [0.2, 0.25) is 0 Å². The van der Waals surface area contributed by atoms with Gasteiger partial charge in [0, 0.05) is 18.7 Å². The van der Waals surface area contributed by atoms with E-state index in [0.29, 0.717) is 6.42 Å². The molecule has 2 unspecified atom stereocenters. The molecule has 0 aromatic heterocycles. The van der Waals surface area contributed by atoms with Gasteiger partial charge in [0.05, 0.1) is 0 Å². The van der Waals surface area contributed by atoms with Gasteiger partial charge in [-0.25, -0.2) is 4.79 Å². The molecule has 0 saturated heterocycles. The number of nitrogens with one attached hydrogen (secondary N) is 2. The summed E-state index contributed by atoms with van der Waals surface area (Å²) in [6.45, 7) is 3.07. The smallest absolute Gasteiger partial charge is 0.318 e. The minimum absolute atomic E-state index is 0.0286. The van der Waals surface area contributed by atoms with Crippen molar-refractivity contribution < 1.29 is 14.7 Å². The van der Waals surface area contributed by atoms with E-state index in [-0.39, 0.29) is 6.03 Å². The molecule has 3 N–H and O–H groups in total. The molecule has 0 aliphatic heterocycles. The number of carboxylic acid groups (broad SMARTS) is 1. The number of hydrogen-bond donors (Lipinski definition) is 3. The van der Waals surface area contributed by atoms with Gasteiger partial charge in [0.1, 0.15) is 0 Å². The molecule has 0 heterocycles. The highest BCUT2D eigenvalue weighted by Gasteiger charge is 2.31. The Balaban J connectivity index is 1.40. The minimum atomic E-state index is -0.685. The predicted octanol–water partition coefficient (Wildman–Crippen LogP) is 5.37. The lowest BCUT2D eigenvalue weighted by Gasteiger charge is -2.21. The lowest BCUT2D eigenvalue weighted by Crippen LogP contribution is -2.35. The summed E-state index contributed by atoms with van der Waals surface area (Å²) in [6, 6.07) is -0.0286. The Morgan fingerprint density at radius 2 is 1.56 bits per heavy atom. The number of hydrogen-bond acceptors (Lipinski definition) is 2. The minimum Gasteiger partial charge on any atom is -0.481 e. The number of carbonyl (C=O) groups is 2. The third kappa shape index (κ3) is 8.81. The second-order valence-corrected chi connectivity index (χ2v) is 8.61. The third-order valence-corrected chi connectivity index (χ3v) is 5.90. The largest absolute Gasteiger partial charge is 0.481 e. The van der Waals surface area contributed by atoms with E-state index in [0.717, 1.165) is 63.3 Å². The maximum Gasteiger partial charge on any atom is 0.318 e. The van der Waals surface area contributed by atoms with E-state index in [1.165, 1.54) is 49.8 Å². The fraction of sp³-hybridized carbons (Fsp3) is 0.818. The topological polar surface area (TPSA) is 78.4 Å². The summed E-state index contributed by atoms with van der Waals surface area (Å²) in [4.78, 5) is 22.5. The molecular formula is C22H38N2O3. The predicted molar refractivity (Wildman–Crippen MR) is 108 cm³/mol. The number of fused-ring (bicyclic) bond motifs is 2. The van der Waals surface area contributed by atoms with Crippen molar-refractivity contribution in [1.82, 2.24) is 10.6 Å². The number of unbranched alkanes of at least 4 members (excludes halogenated alkanes) is 8. The van der Waals surface area contributed by atoms with Crippen molar-refractivity contribution in [2.45, 2.75) is 96.8 Å². The lowest BCUT2D eigenvalue weighted by molar-refractivity contribution is -0.137. The van der Waals surface area contributed by atoms with Crippen molar-refractivity contribution in [2.24, 2.45) is 11.8 Å². The number of urea groups is 1. The summed E-state index contributed by atoms with van der Waals surface area (Å²) < 4.78 is 0. The van der Waals surface area contributed by atoms with E-state index >= 15 is 0 Å². The van der Waals surface area contributed by atoms with Crippen molar-refractivity contribution >= 4 is 12.0 Å². The van der Waals surface area contributed by atoms with Crippen LogP contribution in [0.15, 0.2) is 11.3 Å². The van der Waals surface area contributed by atoms with Gasteiger partial charge in [-0.2, -0.15) is 0 Å². The molecule has 2 aliphatic carbocycles. The molecule has 0 aromatic rings. The summed E-state index contributed by atoms with van der Waals surface area (Å²) in [5.74, 6) is 0.845. The first kappa shape index (κ1) is 21.8. The van der Waals surface area contributed by atoms with Crippen LogP contribution in [0.3, 0.4) is 0 Å². The molecule has 154 valence electrons. The highest BCUT2D eigenvalue weighted by atomic mass is 16.4. The van der Waals surface area contributed by atoms with Crippen LogP contribution in [0, 0.1) is 11.8 Å². The average molecular weight is 379 g/mol.